The summed E-state index contributed by atoms with van der Waals surface area (Å²) in [5.41, 5.74) is -4.37. The number of benzene rings is 2. The molecule has 3 rings (SSSR count). The Hall–Kier alpha value is -2.56. The van der Waals surface area contributed by atoms with Crippen LogP contribution in [0.4, 0.5) is 32.0 Å². The molecular formula is C15H7F6NO3S. The molecule has 0 saturated carbocycles. The standard InChI is InChI=1S/C15H7F6NO3S/c16-14(17,18)7-4-5-11-10(6-7)22-13(23)8-2-1-3-9(15(19,20)21)12(8)26(11,24)25/h1-6H,(H,22,23). The van der Waals surface area contributed by atoms with Crippen LogP contribution < -0.4 is 5.32 Å². The van der Waals surface area contributed by atoms with Crippen LogP contribution in [0, 0.1) is 0 Å². The summed E-state index contributed by atoms with van der Waals surface area (Å²) in [5, 5.41) is 1.94. The van der Waals surface area contributed by atoms with Crippen molar-refractivity contribution >= 4 is 21.4 Å². The average molecular weight is 395 g/mol. The van der Waals surface area contributed by atoms with Gasteiger partial charge in [0.15, 0.2) is 0 Å². The number of nitrogens with one attached hydrogen (secondary N) is 1. The minimum absolute atomic E-state index is 0.365. The van der Waals surface area contributed by atoms with Gasteiger partial charge in [-0.25, -0.2) is 8.42 Å². The van der Waals surface area contributed by atoms with Crippen molar-refractivity contribution in [2.75, 3.05) is 5.32 Å². The van der Waals surface area contributed by atoms with Gasteiger partial charge in [0, 0.05) is 0 Å². The van der Waals surface area contributed by atoms with Crippen LogP contribution in [-0.4, -0.2) is 14.3 Å². The Balaban J connectivity index is 2.37. The zero-order chi connectivity index (χ0) is 19.5. The summed E-state index contributed by atoms with van der Waals surface area (Å²) < 4.78 is 104. The molecule has 0 bridgehead atoms. The Bertz CT molecular complexity index is 1020. The second-order valence-corrected chi connectivity index (χ2v) is 7.20. The van der Waals surface area contributed by atoms with Gasteiger partial charge in [0.25, 0.3) is 5.91 Å². The van der Waals surface area contributed by atoms with Crippen LogP contribution in [0.15, 0.2) is 46.2 Å². The average Bonchev–Trinajstić information content (AvgIpc) is 2.59. The van der Waals surface area contributed by atoms with E-state index < -0.39 is 60.3 Å². The number of sulfone groups is 1. The van der Waals surface area contributed by atoms with Gasteiger partial charge in [-0.3, -0.25) is 4.79 Å². The molecule has 0 aromatic heterocycles. The number of hydrogen-bond acceptors (Lipinski definition) is 3. The molecule has 0 unspecified atom stereocenters. The number of halogens is 6. The number of fused-ring (bicyclic) bond motifs is 2. The molecule has 4 nitrogen and oxygen atoms in total. The van der Waals surface area contributed by atoms with E-state index in [4.69, 9.17) is 0 Å². The van der Waals surface area contributed by atoms with Gasteiger partial charge in [0.2, 0.25) is 9.84 Å². The maximum absolute atomic E-state index is 13.2. The lowest BCUT2D eigenvalue weighted by molar-refractivity contribution is -0.140. The van der Waals surface area contributed by atoms with Gasteiger partial charge < -0.3 is 5.32 Å². The number of carbonyl (C=O) groups is 1. The Kier molecular flexibility index (Phi) is 3.83. The van der Waals surface area contributed by atoms with E-state index in [0.29, 0.717) is 24.3 Å². The summed E-state index contributed by atoms with van der Waals surface area (Å²) in [6, 6.07) is 3.49. The maximum Gasteiger partial charge on any atom is 0.417 e. The monoisotopic (exact) mass is 395 g/mol. The first kappa shape index (κ1) is 18.2. The van der Waals surface area contributed by atoms with E-state index >= 15 is 0 Å². The van der Waals surface area contributed by atoms with Crippen molar-refractivity contribution in [2.24, 2.45) is 0 Å². The molecule has 0 fully saturated rings. The second kappa shape index (κ2) is 5.47. The lowest BCUT2D eigenvalue weighted by Crippen LogP contribution is -2.17. The number of anilines is 1. The first-order valence-electron chi connectivity index (χ1n) is 6.81. The van der Waals surface area contributed by atoms with Gasteiger partial charge in [0.05, 0.1) is 32.2 Å². The number of hydrogen-bond donors (Lipinski definition) is 1. The molecular weight excluding hydrogens is 388 g/mol. The van der Waals surface area contributed by atoms with Crippen LogP contribution >= 0.6 is 0 Å². The highest BCUT2D eigenvalue weighted by Gasteiger charge is 2.43. The smallest absolute Gasteiger partial charge is 0.321 e. The fourth-order valence-corrected chi connectivity index (χ4v) is 4.36. The topological polar surface area (TPSA) is 63.2 Å². The zero-order valence-corrected chi connectivity index (χ0v) is 13.2. The largest absolute Gasteiger partial charge is 0.417 e. The molecule has 1 heterocycles. The number of alkyl halides is 6. The number of rotatable bonds is 0. The third kappa shape index (κ3) is 2.81. The van der Waals surface area contributed by atoms with E-state index in [0.717, 1.165) is 12.1 Å². The molecule has 1 aliphatic rings. The highest BCUT2D eigenvalue weighted by atomic mass is 32.2. The molecule has 1 aliphatic heterocycles. The molecule has 0 radical (unpaired) electrons. The Morgan fingerprint density at radius 1 is 0.885 bits per heavy atom. The van der Waals surface area contributed by atoms with E-state index in [1.807, 2.05) is 5.32 Å². The predicted molar refractivity (Wildman–Crippen MR) is 76.3 cm³/mol. The van der Waals surface area contributed by atoms with Gasteiger partial charge in [-0.05, 0) is 30.3 Å². The van der Waals surface area contributed by atoms with E-state index in [9.17, 15) is 39.6 Å². The van der Waals surface area contributed by atoms with Crippen LogP contribution in [0.25, 0.3) is 0 Å². The molecule has 26 heavy (non-hydrogen) atoms. The first-order chi connectivity index (χ1) is 11.8. The number of amides is 1. The predicted octanol–water partition coefficient (Wildman–Crippen LogP) is 4.12. The summed E-state index contributed by atoms with van der Waals surface area (Å²) in [6.07, 6.45) is -9.92. The van der Waals surface area contributed by atoms with Gasteiger partial charge in [-0.2, -0.15) is 26.3 Å². The van der Waals surface area contributed by atoms with Crippen molar-refractivity contribution in [3.8, 4) is 0 Å². The lowest BCUT2D eigenvalue weighted by Gasteiger charge is -2.15. The van der Waals surface area contributed by atoms with Crippen LogP contribution in [-0.2, 0) is 22.2 Å². The molecule has 2 aromatic rings. The fourth-order valence-electron chi connectivity index (χ4n) is 2.57. The molecule has 2 aromatic carbocycles. The van der Waals surface area contributed by atoms with E-state index in [1.54, 1.807) is 0 Å². The minimum atomic E-state index is -5.09. The van der Waals surface area contributed by atoms with E-state index in [2.05, 4.69) is 0 Å². The summed E-state index contributed by atoms with van der Waals surface area (Å²) in [6.45, 7) is 0. The van der Waals surface area contributed by atoms with Crippen LogP contribution in [0.1, 0.15) is 21.5 Å². The molecule has 0 aliphatic carbocycles. The van der Waals surface area contributed by atoms with Gasteiger partial charge in [0.1, 0.15) is 0 Å². The minimum Gasteiger partial charge on any atom is -0.321 e. The Morgan fingerprint density at radius 2 is 1.54 bits per heavy atom. The van der Waals surface area contributed by atoms with Gasteiger partial charge in [-0.1, -0.05) is 6.07 Å². The summed E-state index contributed by atoms with van der Waals surface area (Å²) in [4.78, 5) is 10.0. The van der Waals surface area contributed by atoms with Crippen molar-refractivity contribution < 1.29 is 39.6 Å². The third-order valence-electron chi connectivity index (χ3n) is 3.68. The van der Waals surface area contributed by atoms with Crippen molar-refractivity contribution in [1.29, 1.82) is 0 Å². The van der Waals surface area contributed by atoms with Gasteiger partial charge in [-0.15, -0.1) is 0 Å². The van der Waals surface area contributed by atoms with E-state index in [-0.39, 0.29) is 0 Å². The van der Waals surface area contributed by atoms with Crippen molar-refractivity contribution in [2.45, 2.75) is 22.1 Å². The lowest BCUT2D eigenvalue weighted by atomic mass is 10.1. The highest BCUT2D eigenvalue weighted by molar-refractivity contribution is 7.91. The molecule has 0 spiro atoms. The van der Waals surface area contributed by atoms with E-state index in [1.165, 1.54) is 0 Å². The second-order valence-electron chi connectivity index (χ2n) is 5.35. The molecule has 1 amide bonds. The first-order valence-corrected chi connectivity index (χ1v) is 8.29. The van der Waals surface area contributed by atoms with Crippen LogP contribution in [0.5, 0.6) is 0 Å². The van der Waals surface area contributed by atoms with Crippen molar-refractivity contribution in [1.82, 2.24) is 0 Å². The highest BCUT2D eigenvalue weighted by Crippen LogP contribution is 2.43. The molecule has 0 saturated heterocycles. The molecule has 1 N–H and O–H groups in total. The molecule has 138 valence electrons. The number of carbonyl (C=O) groups excluding carboxylic acids is 1. The maximum atomic E-state index is 13.2. The Labute approximate surface area is 142 Å². The molecule has 0 atom stereocenters. The van der Waals surface area contributed by atoms with Crippen LogP contribution in [0.3, 0.4) is 0 Å². The summed E-state index contributed by atoms with van der Waals surface area (Å²) in [7, 11) is -4.92. The summed E-state index contributed by atoms with van der Waals surface area (Å²) in [5.74, 6) is -1.26. The quantitative estimate of drug-likeness (QED) is 0.683. The van der Waals surface area contributed by atoms with Crippen molar-refractivity contribution in [3.05, 3.63) is 53.1 Å². The van der Waals surface area contributed by atoms with Crippen LogP contribution in [0.2, 0.25) is 0 Å². The zero-order valence-electron chi connectivity index (χ0n) is 12.4. The molecule has 11 heteroatoms. The normalized spacial score (nSPS) is 16.3. The van der Waals surface area contributed by atoms with Crippen molar-refractivity contribution in [3.63, 3.8) is 0 Å². The SMILES string of the molecule is O=C1Nc2cc(C(F)(F)F)ccc2S(=O)(=O)c2c1cccc2C(F)(F)F. The third-order valence-corrected chi connectivity index (χ3v) is 5.59. The summed E-state index contributed by atoms with van der Waals surface area (Å²) >= 11 is 0. The Morgan fingerprint density at radius 3 is 2.12 bits per heavy atom. The van der Waals surface area contributed by atoms with Gasteiger partial charge >= 0.3 is 12.4 Å². The fraction of sp³-hybridized carbons (Fsp3) is 0.133.